The van der Waals surface area contributed by atoms with Crippen LogP contribution >= 0.6 is 22.9 Å². The highest BCUT2D eigenvalue weighted by molar-refractivity contribution is 7.09. The lowest BCUT2D eigenvalue weighted by Gasteiger charge is -2.29. The summed E-state index contributed by atoms with van der Waals surface area (Å²) in [5.41, 5.74) is 2.52. The van der Waals surface area contributed by atoms with Gasteiger partial charge in [0.1, 0.15) is 36.4 Å². The predicted molar refractivity (Wildman–Crippen MR) is 137 cm³/mol. The molecule has 0 aliphatic carbocycles. The normalized spacial score (nSPS) is 14.9. The zero-order chi connectivity index (χ0) is 23.5. The molecule has 1 aliphatic heterocycles. The molecule has 0 unspecified atom stereocenters. The maximum Gasteiger partial charge on any atom is 0.145 e. The van der Waals surface area contributed by atoms with Crippen molar-refractivity contribution in [1.82, 2.24) is 19.9 Å². The van der Waals surface area contributed by atoms with Gasteiger partial charge in [-0.1, -0.05) is 17.7 Å². The van der Waals surface area contributed by atoms with E-state index in [1.165, 1.54) is 0 Å². The molecule has 1 fully saturated rings. The largest absolute Gasteiger partial charge is 0.489 e. The van der Waals surface area contributed by atoms with E-state index in [-0.39, 0.29) is 6.10 Å². The van der Waals surface area contributed by atoms with Gasteiger partial charge in [-0.15, -0.1) is 11.3 Å². The Morgan fingerprint density at radius 3 is 2.76 bits per heavy atom. The Balaban J connectivity index is 1.35. The van der Waals surface area contributed by atoms with Crippen molar-refractivity contribution in [2.75, 3.05) is 25.5 Å². The Kier molecular flexibility index (Phi) is 6.80. The lowest BCUT2D eigenvalue weighted by Crippen LogP contribution is -2.35. The number of aryl methyl sites for hydroxylation is 1. The molecular weight excluding hydrogens is 470 g/mol. The highest BCUT2D eigenvalue weighted by atomic mass is 35.5. The number of benzene rings is 2. The maximum absolute atomic E-state index is 6.51. The van der Waals surface area contributed by atoms with Crippen LogP contribution in [0.5, 0.6) is 11.5 Å². The van der Waals surface area contributed by atoms with Crippen molar-refractivity contribution in [2.45, 2.75) is 32.5 Å². The van der Waals surface area contributed by atoms with Gasteiger partial charge in [0.2, 0.25) is 0 Å². The van der Waals surface area contributed by atoms with E-state index in [1.807, 2.05) is 48.7 Å². The molecule has 0 amide bonds. The van der Waals surface area contributed by atoms with E-state index in [0.717, 1.165) is 59.0 Å². The predicted octanol–water partition coefficient (Wildman–Crippen LogP) is 5.84. The van der Waals surface area contributed by atoms with Crippen molar-refractivity contribution in [1.29, 1.82) is 0 Å². The van der Waals surface area contributed by atoms with Gasteiger partial charge >= 0.3 is 0 Å². The Labute approximate surface area is 207 Å². The topological polar surface area (TPSA) is 72.4 Å². The minimum Gasteiger partial charge on any atom is -0.489 e. The molecule has 1 N–H and O–H groups in total. The number of likely N-dealkylation sites (tertiary alicyclic amines) is 1. The fraction of sp³-hybridized carbons (Fsp3) is 0.320. The summed E-state index contributed by atoms with van der Waals surface area (Å²) >= 11 is 8.11. The minimum absolute atomic E-state index is 0.183. The van der Waals surface area contributed by atoms with Crippen LogP contribution in [0.2, 0.25) is 5.02 Å². The van der Waals surface area contributed by atoms with Gasteiger partial charge in [-0.3, -0.25) is 0 Å². The number of nitrogens with zero attached hydrogens (tertiary/aromatic N) is 4. The van der Waals surface area contributed by atoms with Crippen molar-refractivity contribution in [3.63, 3.8) is 0 Å². The number of anilines is 2. The number of fused-ring (bicyclic) bond motifs is 1. The summed E-state index contributed by atoms with van der Waals surface area (Å²) in [5.74, 6) is 2.08. The van der Waals surface area contributed by atoms with Gasteiger partial charge in [-0.2, -0.15) is 0 Å². The molecule has 2 aromatic carbocycles. The van der Waals surface area contributed by atoms with Gasteiger partial charge in [-0.05, 0) is 57.1 Å². The summed E-state index contributed by atoms with van der Waals surface area (Å²) in [4.78, 5) is 15.7. The summed E-state index contributed by atoms with van der Waals surface area (Å²) in [7, 11) is 2.14. The van der Waals surface area contributed by atoms with E-state index in [9.17, 15) is 0 Å². The maximum atomic E-state index is 6.51. The summed E-state index contributed by atoms with van der Waals surface area (Å²) < 4.78 is 12.3. The summed E-state index contributed by atoms with van der Waals surface area (Å²) in [6.45, 7) is 4.42. The number of nitrogens with one attached hydrogen (secondary N) is 1. The molecule has 0 spiro atoms. The van der Waals surface area contributed by atoms with Gasteiger partial charge < -0.3 is 19.7 Å². The second-order valence-electron chi connectivity index (χ2n) is 8.41. The highest BCUT2D eigenvalue weighted by Gasteiger charge is 2.20. The molecule has 5 rings (SSSR count). The minimum atomic E-state index is 0.183. The Morgan fingerprint density at radius 2 is 2.00 bits per heavy atom. The van der Waals surface area contributed by atoms with E-state index >= 15 is 0 Å². The molecule has 2 aromatic heterocycles. The molecule has 4 aromatic rings. The molecule has 0 radical (unpaired) electrons. The van der Waals surface area contributed by atoms with Gasteiger partial charge in [0.05, 0.1) is 26.6 Å². The number of ether oxygens (including phenoxy) is 2. The van der Waals surface area contributed by atoms with Crippen LogP contribution in [0.3, 0.4) is 0 Å². The van der Waals surface area contributed by atoms with Crippen LogP contribution in [-0.4, -0.2) is 46.1 Å². The number of halogens is 1. The smallest absolute Gasteiger partial charge is 0.145 e. The average molecular weight is 496 g/mol. The molecule has 34 heavy (non-hydrogen) atoms. The first-order valence-electron chi connectivity index (χ1n) is 11.2. The van der Waals surface area contributed by atoms with Crippen LogP contribution < -0.4 is 14.8 Å². The number of aromatic nitrogens is 3. The molecule has 1 saturated heterocycles. The van der Waals surface area contributed by atoms with E-state index in [0.29, 0.717) is 23.2 Å². The fourth-order valence-electron chi connectivity index (χ4n) is 4.01. The summed E-state index contributed by atoms with van der Waals surface area (Å²) in [6, 6.07) is 11.5. The molecule has 0 saturated carbocycles. The first-order chi connectivity index (χ1) is 16.5. The number of hydrogen-bond donors (Lipinski definition) is 1. The van der Waals surface area contributed by atoms with Crippen molar-refractivity contribution in [2.24, 2.45) is 0 Å². The van der Waals surface area contributed by atoms with Crippen LogP contribution in [0.15, 0.2) is 48.1 Å². The first-order valence-corrected chi connectivity index (χ1v) is 12.5. The molecule has 3 heterocycles. The van der Waals surface area contributed by atoms with Crippen LogP contribution in [0.1, 0.15) is 23.5 Å². The molecule has 176 valence electrons. The lowest BCUT2D eigenvalue weighted by molar-refractivity contribution is 0.116. The number of thiazole rings is 1. The molecule has 7 nitrogen and oxygen atoms in total. The van der Waals surface area contributed by atoms with Crippen LogP contribution in [-0.2, 0) is 6.61 Å². The first kappa shape index (κ1) is 22.8. The van der Waals surface area contributed by atoms with Gasteiger partial charge in [0, 0.05) is 24.2 Å². The zero-order valence-electron chi connectivity index (χ0n) is 19.1. The fourth-order valence-corrected chi connectivity index (χ4v) is 4.84. The second kappa shape index (κ2) is 10.1. The lowest BCUT2D eigenvalue weighted by atomic mass is 10.1. The zero-order valence-corrected chi connectivity index (χ0v) is 20.7. The highest BCUT2D eigenvalue weighted by Crippen LogP contribution is 2.35. The van der Waals surface area contributed by atoms with Gasteiger partial charge in [0.25, 0.3) is 0 Å². The van der Waals surface area contributed by atoms with Crippen molar-refractivity contribution < 1.29 is 9.47 Å². The van der Waals surface area contributed by atoms with Crippen molar-refractivity contribution >= 4 is 45.3 Å². The van der Waals surface area contributed by atoms with Crippen LogP contribution in [0, 0.1) is 6.92 Å². The molecule has 9 heteroatoms. The van der Waals surface area contributed by atoms with Crippen LogP contribution in [0.4, 0.5) is 11.5 Å². The molecule has 1 aliphatic rings. The van der Waals surface area contributed by atoms with E-state index in [4.69, 9.17) is 21.1 Å². The van der Waals surface area contributed by atoms with E-state index in [1.54, 1.807) is 17.7 Å². The quantitative estimate of drug-likeness (QED) is 0.345. The monoisotopic (exact) mass is 495 g/mol. The third-order valence-electron chi connectivity index (χ3n) is 5.82. The van der Waals surface area contributed by atoms with Crippen molar-refractivity contribution in [3.8, 4) is 11.5 Å². The Bertz CT molecular complexity index is 1280. The molecular formula is C25H26ClN5O2S. The number of piperidine rings is 1. The SMILES string of the molecule is Cc1nc(COc2ccc(Nc3ncnc4cccc(OC5CCN(C)CC5)c34)cc2Cl)cs1. The van der Waals surface area contributed by atoms with E-state index < -0.39 is 0 Å². The standard InChI is InChI=1S/C25H26ClN5O2S/c1-16-29-18(14-34-16)13-32-22-7-6-17(12-20(22)26)30-25-24-21(27-15-28-25)4-3-5-23(24)33-19-8-10-31(2)11-9-19/h3-7,12,14-15,19H,8-11,13H2,1-2H3,(H,27,28,30). The number of rotatable bonds is 7. The average Bonchev–Trinajstić information content (AvgIpc) is 3.25. The Morgan fingerprint density at radius 1 is 1.15 bits per heavy atom. The summed E-state index contributed by atoms with van der Waals surface area (Å²) in [5, 5.41) is 7.76. The summed E-state index contributed by atoms with van der Waals surface area (Å²) in [6.07, 6.45) is 3.74. The molecule has 0 bridgehead atoms. The Hall–Kier alpha value is -2.94. The molecule has 0 atom stereocenters. The third kappa shape index (κ3) is 5.24. The van der Waals surface area contributed by atoms with Gasteiger partial charge in [-0.25, -0.2) is 15.0 Å². The van der Waals surface area contributed by atoms with Crippen molar-refractivity contribution in [3.05, 3.63) is 63.8 Å². The number of hydrogen-bond acceptors (Lipinski definition) is 8. The van der Waals surface area contributed by atoms with Gasteiger partial charge in [0.15, 0.2) is 0 Å². The van der Waals surface area contributed by atoms with E-state index in [2.05, 4.69) is 32.2 Å². The van der Waals surface area contributed by atoms with Crippen LogP contribution in [0.25, 0.3) is 10.9 Å². The third-order valence-corrected chi connectivity index (χ3v) is 6.94. The second-order valence-corrected chi connectivity index (χ2v) is 9.88.